The van der Waals surface area contributed by atoms with E-state index in [4.69, 9.17) is 5.73 Å². The van der Waals surface area contributed by atoms with Crippen LogP contribution >= 0.6 is 0 Å². The molecule has 0 saturated carbocycles. The maximum atomic E-state index is 13.3. The molecule has 2 aromatic carbocycles. The second kappa shape index (κ2) is 9.76. The number of hydrogen-bond acceptors (Lipinski definition) is 6. The molecule has 35 heavy (non-hydrogen) atoms. The predicted molar refractivity (Wildman–Crippen MR) is 135 cm³/mol. The number of H-pyrrole nitrogens is 1. The Hall–Kier alpha value is -4.53. The lowest BCUT2D eigenvalue weighted by atomic mass is 10.0. The van der Waals surface area contributed by atoms with Crippen molar-refractivity contribution < 1.29 is 0 Å². The van der Waals surface area contributed by atoms with Gasteiger partial charge in [-0.3, -0.25) is 14.1 Å². The number of benzene rings is 2. The molecular weight excluding hydrogens is 440 g/mol. The molecule has 0 saturated heterocycles. The van der Waals surface area contributed by atoms with Crippen molar-refractivity contribution in [2.24, 2.45) is 0 Å². The quantitative estimate of drug-likeness (QED) is 0.335. The first-order chi connectivity index (χ1) is 17.2. The summed E-state index contributed by atoms with van der Waals surface area (Å²) in [4.78, 5) is 17.7. The molecule has 9 heteroatoms. The minimum absolute atomic E-state index is 0.0533. The van der Waals surface area contributed by atoms with Crippen LogP contribution in [0.2, 0.25) is 0 Å². The molecule has 0 aliphatic rings. The van der Waals surface area contributed by atoms with Gasteiger partial charge in [0.25, 0.3) is 0 Å². The maximum Gasteiger partial charge on any atom is 0.329 e. The number of hydrogen-bond donors (Lipinski definition) is 2. The van der Waals surface area contributed by atoms with E-state index in [0.717, 1.165) is 35.1 Å². The standard InChI is InChI=1S/C26H26N8O/c1-2-6-23(21-7-3-4-9-22(21)27)34-16-15-33(26(34)35)17-18-10-12-19(13-11-18)20-8-5-14-28-24(20)25-29-31-32-30-25/h3-5,7-16,23H,2,6,17,27H2,1H3,(H,29,30,31,32). The fourth-order valence-corrected chi connectivity index (χ4v) is 4.38. The largest absolute Gasteiger partial charge is 0.398 e. The highest BCUT2D eigenvalue weighted by Gasteiger charge is 2.19. The highest BCUT2D eigenvalue weighted by atomic mass is 16.1. The van der Waals surface area contributed by atoms with E-state index in [0.29, 0.717) is 23.8 Å². The number of pyridine rings is 1. The molecule has 0 amide bonds. The molecule has 1 atom stereocenters. The molecule has 5 aromatic rings. The SMILES string of the molecule is CCCC(c1ccccc1N)n1ccn(Cc2ccc(-c3cccnc3-c3nn[nH]n3)cc2)c1=O. The van der Waals surface area contributed by atoms with Gasteiger partial charge in [0.2, 0.25) is 5.82 Å². The van der Waals surface area contributed by atoms with E-state index in [1.807, 2.05) is 73.1 Å². The Labute approximate surface area is 202 Å². The lowest BCUT2D eigenvalue weighted by molar-refractivity contribution is 0.510. The molecule has 0 aliphatic heterocycles. The van der Waals surface area contributed by atoms with Crippen LogP contribution < -0.4 is 11.4 Å². The number of nitrogens with zero attached hydrogens (tertiary/aromatic N) is 6. The summed E-state index contributed by atoms with van der Waals surface area (Å²) in [6.45, 7) is 2.59. The van der Waals surface area contributed by atoms with Crippen LogP contribution in [0.1, 0.15) is 36.9 Å². The number of imidazole rings is 1. The van der Waals surface area contributed by atoms with E-state index < -0.39 is 0 Å². The third-order valence-electron chi connectivity index (χ3n) is 6.11. The fraction of sp³-hybridized carbons (Fsp3) is 0.192. The molecule has 0 bridgehead atoms. The van der Waals surface area contributed by atoms with Crippen LogP contribution in [0.15, 0.2) is 84.0 Å². The van der Waals surface area contributed by atoms with E-state index in [-0.39, 0.29) is 11.7 Å². The third kappa shape index (κ3) is 4.48. The third-order valence-corrected chi connectivity index (χ3v) is 6.11. The zero-order valence-corrected chi connectivity index (χ0v) is 19.4. The zero-order valence-electron chi connectivity index (χ0n) is 19.4. The molecule has 1 unspecified atom stereocenters. The van der Waals surface area contributed by atoms with Gasteiger partial charge in [-0.2, -0.15) is 5.21 Å². The summed E-state index contributed by atoms with van der Waals surface area (Å²) in [5.74, 6) is 0.443. The van der Waals surface area contributed by atoms with Crippen LogP contribution in [0.25, 0.3) is 22.6 Å². The van der Waals surface area contributed by atoms with Crippen LogP contribution in [0.4, 0.5) is 5.69 Å². The van der Waals surface area contributed by atoms with Gasteiger partial charge < -0.3 is 5.73 Å². The Morgan fingerprint density at radius 1 is 1.03 bits per heavy atom. The smallest absolute Gasteiger partial charge is 0.329 e. The summed E-state index contributed by atoms with van der Waals surface area (Å²) in [6.07, 6.45) is 7.18. The Morgan fingerprint density at radius 3 is 2.60 bits per heavy atom. The number of anilines is 1. The Balaban J connectivity index is 1.40. The van der Waals surface area contributed by atoms with Crippen molar-refractivity contribution in [3.05, 3.63) is 101 Å². The molecule has 0 aliphatic carbocycles. The second-order valence-electron chi connectivity index (χ2n) is 8.38. The number of nitrogen functional groups attached to an aromatic ring is 1. The summed E-state index contributed by atoms with van der Waals surface area (Å²) in [5.41, 5.74) is 11.4. The van der Waals surface area contributed by atoms with E-state index in [9.17, 15) is 4.79 Å². The van der Waals surface area contributed by atoms with Crippen molar-refractivity contribution in [1.29, 1.82) is 0 Å². The molecule has 176 valence electrons. The first-order valence-corrected chi connectivity index (χ1v) is 11.6. The predicted octanol–water partition coefficient (Wildman–Crippen LogP) is 3.91. The number of nitrogens with two attached hydrogens (primary N) is 1. The lowest BCUT2D eigenvalue weighted by Gasteiger charge is -2.19. The Bertz CT molecular complexity index is 1470. The van der Waals surface area contributed by atoms with Crippen LogP contribution in [0, 0.1) is 0 Å². The summed E-state index contributed by atoms with van der Waals surface area (Å²) in [6, 6.07) is 19.6. The lowest BCUT2D eigenvalue weighted by Crippen LogP contribution is -2.28. The molecule has 5 rings (SSSR count). The van der Waals surface area contributed by atoms with Gasteiger partial charge in [0.05, 0.1) is 12.6 Å². The molecule has 0 spiro atoms. The van der Waals surface area contributed by atoms with Crippen molar-refractivity contribution in [2.75, 3.05) is 5.73 Å². The summed E-state index contributed by atoms with van der Waals surface area (Å²) >= 11 is 0. The number of aromatic amines is 1. The molecular formula is C26H26N8O. The van der Waals surface area contributed by atoms with Gasteiger partial charge in [0.15, 0.2) is 0 Å². The molecule has 3 N–H and O–H groups in total. The molecule has 9 nitrogen and oxygen atoms in total. The highest BCUT2D eigenvalue weighted by Crippen LogP contribution is 2.29. The van der Waals surface area contributed by atoms with Crippen LogP contribution in [-0.2, 0) is 6.54 Å². The summed E-state index contributed by atoms with van der Waals surface area (Å²) in [5, 5.41) is 14.2. The molecule has 3 aromatic heterocycles. The first kappa shape index (κ1) is 22.3. The summed E-state index contributed by atoms with van der Waals surface area (Å²) in [7, 11) is 0. The number of aromatic nitrogens is 7. The van der Waals surface area contributed by atoms with Crippen LogP contribution in [-0.4, -0.2) is 34.7 Å². The average Bonchev–Trinajstić information content (AvgIpc) is 3.55. The van der Waals surface area contributed by atoms with Gasteiger partial charge in [-0.05, 0) is 40.5 Å². The first-order valence-electron chi connectivity index (χ1n) is 11.6. The van der Waals surface area contributed by atoms with Crippen molar-refractivity contribution >= 4 is 5.69 Å². The van der Waals surface area contributed by atoms with Crippen molar-refractivity contribution in [2.45, 2.75) is 32.4 Å². The van der Waals surface area contributed by atoms with Gasteiger partial charge in [0.1, 0.15) is 5.69 Å². The number of rotatable bonds is 8. The average molecular weight is 467 g/mol. The van der Waals surface area contributed by atoms with Crippen LogP contribution in [0.5, 0.6) is 0 Å². The summed E-state index contributed by atoms with van der Waals surface area (Å²) < 4.78 is 3.52. The van der Waals surface area contributed by atoms with Crippen molar-refractivity contribution in [3.63, 3.8) is 0 Å². The molecule has 0 radical (unpaired) electrons. The maximum absolute atomic E-state index is 13.3. The molecule has 3 heterocycles. The normalized spacial score (nSPS) is 12.0. The monoisotopic (exact) mass is 466 g/mol. The topological polar surface area (TPSA) is 120 Å². The highest BCUT2D eigenvalue weighted by molar-refractivity contribution is 5.77. The van der Waals surface area contributed by atoms with Gasteiger partial charge in [-0.25, -0.2) is 4.79 Å². The second-order valence-corrected chi connectivity index (χ2v) is 8.38. The Morgan fingerprint density at radius 2 is 1.86 bits per heavy atom. The zero-order chi connectivity index (χ0) is 24.2. The van der Waals surface area contributed by atoms with Crippen molar-refractivity contribution in [1.82, 2.24) is 34.7 Å². The number of para-hydroxylation sites is 1. The van der Waals surface area contributed by atoms with E-state index >= 15 is 0 Å². The Kier molecular flexibility index (Phi) is 6.21. The van der Waals surface area contributed by atoms with E-state index in [2.05, 4.69) is 32.5 Å². The minimum atomic E-state index is -0.0912. The number of nitrogens with one attached hydrogen (secondary N) is 1. The van der Waals surface area contributed by atoms with Gasteiger partial charge in [-0.1, -0.05) is 61.9 Å². The van der Waals surface area contributed by atoms with Gasteiger partial charge in [-0.15, -0.1) is 10.2 Å². The van der Waals surface area contributed by atoms with Gasteiger partial charge in [0, 0.05) is 29.8 Å². The molecule has 0 fully saturated rings. The van der Waals surface area contributed by atoms with Crippen molar-refractivity contribution in [3.8, 4) is 22.6 Å². The van der Waals surface area contributed by atoms with E-state index in [1.54, 1.807) is 15.3 Å². The minimum Gasteiger partial charge on any atom is -0.398 e. The fourth-order valence-electron chi connectivity index (χ4n) is 4.38. The van der Waals surface area contributed by atoms with Crippen LogP contribution in [0.3, 0.4) is 0 Å². The van der Waals surface area contributed by atoms with E-state index in [1.165, 1.54) is 0 Å². The number of tetrazole rings is 1. The van der Waals surface area contributed by atoms with Gasteiger partial charge >= 0.3 is 5.69 Å².